The molecule has 0 aromatic carbocycles. The monoisotopic (exact) mass is 218 g/mol. The summed E-state index contributed by atoms with van der Waals surface area (Å²) in [5, 5.41) is 0. The van der Waals surface area contributed by atoms with Gasteiger partial charge >= 0.3 is 0 Å². The van der Waals surface area contributed by atoms with Gasteiger partial charge in [0.05, 0.1) is 13.2 Å². The highest BCUT2D eigenvalue weighted by Gasteiger charge is 2.22. The van der Waals surface area contributed by atoms with E-state index in [0.717, 1.165) is 26.2 Å². The summed E-state index contributed by atoms with van der Waals surface area (Å²) in [6.07, 6.45) is 2.81. The Labute approximate surface area is 88.5 Å². The molecule has 1 saturated heterocycles. The van der Waals surface area contributed by atoms with Crippen molar-refractivity contribution in [3.05, 3.63) is 0 Å². The van der Waals surface area contributed by atoms with Gasteiger partial charge in [0.2, 0.25) is 0 Å². The molecule has 1 aliphatic heterocycles. The second-order valence-electron chi connectivity index (χ2n) is 3.82. The predicted molar refractivity (Wildman–Crippen MR) is 59.2 cm³/mol. The molecule has 0 spiro atoms. The number of ether oxygens (including phenoxy) is 2. The zero-order chi connectivity index (χ0) is 10.2. The molecular weight excluding hydrogens is 196 g/mol. The predicted octanol–water partition coefficient (Wildman–Crippen LogP) is 1.57. The average molecular weight is 218 g/mol. The summed E-state index contributed by atoms with van der Waals surface area (Å²) in [6, 6.07) is 2.54. The molecule has 0 radical (unpaired) electrons. The van der Waals surface area contributed by atoms with Crippen molar-refractivity contribution in [1.29, 1.82) is 0 Å². The third-order valence-corrected chi connectivity index (χ3v) is 5.41. The van der Waals surface area contributed by atoms with E-state index in [9.17, 15) is 0 Å². The molecule has 2 unspecified atom stereocenters. The van der Waals surface area contributed by atoms with Gasteiger partial charge in [-0.2, -0.15) is 0 Å². The first-order chi connectivity index (χ1) is 6.86. The van der Waals surface area contributed by atoms with Gasteiger partial charge in [0.25, 0.3) is 0 Å². The van der Waals surface area contributed by atoms with E-state index in [4.69, 9.17) is 13.9 Å². The van der Waals surface area contributed by atoms with E-state index in [0.29, 0.717) is 6.10 Å². The van der Waals surface area contributed by atoms with E-state index in [2.05, 4.69) is 6.92 Å². The highest BCUT2D eigenvalue weighted by Crippen LogP contribution is 2.10. The fourth-order valence-corrected chi connectivity index (χ4v) is 3.52. The molecule has 1 fully saturated rings. The van der Waals surface area contributed by atoms with Crippen molar-refractivity contribution in [3.63, 3.8) is 0 Å². The molecule has 84 valence electrons. The molecule has 0 amide bonds. The number of hydrogen-bond acceptors (Lipinski definition) is 3. The molecule has 4 heteroatoms. The number of rotatable bonds is 9. The Balaban J connectivity index is 1.84. The van der Waals surface area contributed by atoms with Crippen molar-refractivity contribution in [3.8, 4) is 0 Å². The Morgan fingerprint density at radius 1 is 1.43 bits per heavy atom. The SMILES string of the molecule is CCC[SiH](CCCOCC1CO1)OC. The summed E-state index contributed by atoms with van der Waals surface area (Å²) in [7, 11) is 0.977. The first-order valence-electron chi connectivity index (χ1n) is 5.59. The summed E-state index contributed by atoms with van der Waals surface area (Å²) < 4.78 is 16.0. The Kier molecular flexibility index (Phi) is 6.43. The van der Waals surface area contributed by atoms with Gasteiger partial charge in [-0.1, -0.05) is 13.3 Å². The van der Waals surface area contributed by atoms with Crippen molar-refractivity contribution >= 4 is 9.04 Å². The molecule has 0 saturated carbocycles. The molecule has 0 aromatic heterocycles. The number of hydrogen-bond donors (Lipinski definition) is 0. The minimum absolute atomic E-state index is 0.404. The molecule has 3 nitrogen and oxygen atoms in total. The Bertz CT molecular complexity index is 139. The van der Waals surface area contributed by atoms with Crippen LogP contribution in [0.1, 0.15) is 19.8 Å². The lowest BCUT2D eigenvalue weighted by atomic mass is 10.5. The molecule has 1 heterocycles. The second-order valence-corrected chi connectivity index (χ2v) is 6.69. The first kappa shape index (κ1) is 12.2. The van der Waals surface area contributed by atoms with Gasteiger partial charge in [-0.25, -0.2) is 0 Å². The van der Waals surface area contributed by atoms with Crippen LogP contribution in [-0.2, 0) is 13.9 Å². The van der Waals surface area contributed by atoms with Crippen LogP contribution in [0.4, 0.5) is 0 Å². The average Bonchev–Trinajstić information content (AvgIpc) is 2.99. The van der Waals surface area contributed by atoms with Crippen LogP contribution in [0.2, 0.25) is 12.1 Å². The van der Waals surface area contributed by atoms with Crippen LogP contribution in [-0.4, -0.2) is 42.1 Å². The van der Waals surface area contributed by atoms with Gasteiger partial charge in [-0.15, -0.1) is 0 Å². The maximum absolute atomic E-state index is 5.49. The lowest BCUT2D eigenvalue weighted by Crippen LogP contribution is -2.16. The van der Waals surface area contributed by atoms with Crippen LogP contribution in [0.5, 0.6) is 0 Å². The van der Waals surface area contributed by atoms with Crippen molar-refractivity contribution < 1.29 is 13.9 Å². The molecule has 0 N–H and O–H groups in total. The van der Waals surface area contributed by atoms with Crippen molar-refractivity contribution in [1.82, 2.24) is 0 Å². The topological polar surface area (TPSA) is 31.0 Å². The van der Waals surface area contributed by atoms with Crippen molar-refractivity contribution in [2.75, 3.05) is 26.9 Å². The molecule has 0 bridgehead atoms. The Morgan fingerprint density at radius 3 is 2.79 bits per heavy atom. The quantitative estimate of drug-likeness (QED) is 0.334. The first-order valence-corrected chi connectivity index (χ1v) is 7.69. The van der Waals surface area contributed by atoms with Crippen molar-refractivity contribution in [2.45, 2.75) is 38.0 Å². The van der Waals surface area contributed by atoms with Crippen LogP contribution >= 0.6 is 0 Å². The van der Waals surface area contributed by atoms with E-state index >= 15 is 0 Å². The summed E-state index contributed by atoms with van der Waals surface area (Å²) in [5.41, 5.74) is 0. The summed E-state index contributed by atoms with van der Waals surface area (Å²) >= 11 is 0. The van der Waals surface area contributed by atoms with Crippen LogP contribution in [0, 0.1) is 0 Å². The zero-order valence-corrected chi connectivity index (χ0v) is 10.5. The van der Waals surface area contributed by atoms with E-state index in [1.54, 1.807) is 0 Å². The minimum atomic E-state index is -0.876. The van der Waals surface area contributed by atoms with Crippen molar-refractivity contribution in [2.24, 2.45) is 0 Å². The van der Waals surface area contributed by atoms with Gasteiger partial charge in [0.1, 0.15) is 6.10 Å². The van der Waals surface area contributed by atoms with Gasteiger partial charge in [-0.3, -0.25) is 0 Å². The van der Waals surface area contributed by atoms with E-state index in [1.165, 1.54) is 18.5 Å². The van der Waals surface area contributed by atoms with Crippen LogP contribution < -0.4 is 0 Å². The van der Waals surface area contributed by atoms with Gasteiger partial charge in [0.15, 0.2) is 9.04 Å². The van der Waals surface area contributed by atoms with Gasteiger partial charge < -0.3 is 13.9 Å². The van der Waals surface area contributed by atoms with Gasteiger partial charge in [0, 0.05) is 13.7 Å². The summed E-state index contributed by atoms with van der Waals surface area (Å²) in [5.74, 6) is 0. The molecule has 0 aromatic rings. The molecular formula is C10H22O3Si. The fraction of sp³-hybridized carbons (Fsp3) is 1.00. The zero-order valence-electron chi connectivity index (χ0n) is 9.33. The molecule has 1 aliphatic rings. The van der Waals surface area contributed by atoms with E-state index < -0.39 is 9.04 Å². The van der Waals surface area contributed by atoms with Crippen LogP contribution in [0.15, 0.2) is 0 Å². The van der Waals surface area contributed by atoms with E-state index in [1.807, 2.05) is 7.11 Å². The third kappa shape index (κ3) is 5.75. The Hall–Kier alpha value is 0.0969. The highest BCUT2D eigenvalue weighted by molar-refractivity contribution is 6.51. The molecule has 0 aliphatic carbocycles. The summed E-state index contributed by atoms with van der Waals surface area (Å²) in [6.45, 7) is 4.77. The largest absolute Gasteiger partial charge is 0.423 e. The minimum Gasteiger partial charge on any atom is -0.423 e. The maximum atomic E-state index is 5.49. The Morgan fingerprint density at radius 2 is 2.21 bits per heavy atom. The maximum Gasteiger partial charge on any atom is 0.176 e. The molecule has 1 rings (SSSR count). The standard InChI is InChI=1S/C10H22O3Si/c1-3-6-14(11-2)7-4-5-12-8-10-9-13-10/h10,14H,3-9H2,1-2H3. The van der Waals surface area contributed by atoms with Crippen LogP contribution in [0.3, 0.4) is 0 Å². The van der Waals surface area contributed by atoms with E-state index in [-0.39, 0.29) is 0 Å². The summed E-state index contributed by atoms with van der Waals surface area (Å²) in [4.78, 5) is 0. The lowest BCUT2D eigenvalue weighted by Gasteiger charge is -2.11. The lowest BCUT2D eigenvalue weighted by molar-refractivity contribution is 0.116. The third-order valence-electron chi connectivity index (χ3n) is 2.46. The van der Waals surface area contributed by atoms with Crippen LogP contribution in [0.25, 0.3) is 0 Å². The number of epoxide rings is 1. The highest BCUT2D eigenvalue weighted by atomic mass is 28.3. The second kappa shape index (κ2) is 7.40. The molecule has 14 heavy (non-hydrogen) atoms. The molecule has 2 atom stereocenters. The van der Waals surface area contributed by atoms with Gasteiger partial charge in [-0.05, 0) is 18.5 Å². The smallest absolute Gasteiger partial charge is 0.176 e. The normalized spacial score (nSPS) is 22.3. The fourth-order valence-electron chi connectivity index (χ4n) is 1.49.